The molecule has 0 radical (unpaired) electrons. The van der Waals surface area contributed by atoms with Crippen LogP contribution >= 0.6 is 11.3 Å². The van der Waals surface area contributed by atoms with Crippen LogP contribution < -0.4 is 4.90 Å². The number of piperidine rings is 1. The van der Waals surface area contributed by atoms with Gasteiger partial charge in [-0.3, -0.25) is 19.3 Å². The van der Waals surface area contributed by atoms with E-state index < -0.39 is 0 Å². The van der Waals surface area contributed by atoms with Gasteiger partial charge < -0.3 is 9.80 Å². The smallest absolute Gasteiger partial charge is 0.264 e. The van der Waals surface area contributed by atoms with Gasteiger partial charge in [0.1, 0.15) is 0 Å². The molecule has 3 amide bonds. The topological polar surface area (TPSA) is 60.9 Å². The highest BCUT2D eigenvalue weighted by molar-refractivity contribution is 7.10. The zero-order chi connectivity index (χ0) is 23.8. The van der Waals surface area contributed by atoms with Crippen molar-refractivity contribution in [2.75, 3.05) is 25.0 Å². The molecule has 2 aromatic rings. The summed E-state index contributed by atoms with van der Waals surface area (Å²) in [6.45, 7) is 3.34. The molecule has 2 fully saturated rings. The van der Waals surface area contributed by atoms with Crippen LogP contribution in [0.15, 0.2) is 35.7 Å². The molecule has 0 unspecified atom stereocenters. The van der Waals surface area contributed by atoms with E-state index in [1.54, 1.807) is 17.4 Å². The Labute approximate surface area is 205 Å². The van der Waals surface area contributed by atoms with E-state index in [2.05, 4.69) is 4.90 Å². The molecule has 180 valence electrons. The second-order valence-electron chi connectivity index (χ2n) is 9.87. The Balaban J connectivity index is 1.30. The SMILES string of the molecule is C[C@H](c1cccs1)N1C(=O)c2cccc(N3CCC(C(=O)N(C)C4CCCCC4)CC3)c2C1=O. The average Bonchev–Trinajstić information content (AvgIpc) is 3.51. The molecule has 2 aliphatic heterocycles. The van der Waals surface area contributed by atoms with Crippen molar-refractivity contribution in [1.29, 1.82) is 0 Å². The number of imide groups is 1. The number of hydrogen-bond acceptors (Lipinski definition) is 5. The molecule has 5 rings (SSSR count). The van der Waals surface area contributed by atoms with E-state index in [4.69, 9.17) is 0 Å². The fourth-order valence-corrected chi connectivity index (χ4v) is 6.63. The number of nitrogens with zero attached hydrogens (tertiary/aromatic N) is 3. The van der Waals surface area contributed by atoms with E-state index in [1.165, 1.54) is 24.2 Å². The minimum atomic E-state index is -0.293. The van der Waals surface area contributed by atoms with Crippen LogP contribution in [0.25, 0.3) is 0 Å². The van der Waals surface area contributed by atoms with Gasteiger partial charge in [-0.2, -0.15) is 0 Å². The van der Waals surface area contributed by atoms with Gasteiger partial charge in [0, 0.05) is 37.0 Å². The first-order valence-electron chi connectivity index (χ1n) is 12.5. The van der Waals surface area contributed by atoms with Gasteiger partial charge in [-0.1, -0.05) is 31.4 Å². The standard InChI is InChI=1S/C27H33N3O3S/c1-18(23-12-7-17-34-23)30-26(32)21-10-6-11-22(24(21)27(30)33)29-15-13-19(14-16-29)25(31)28(2)20-8-4-3-5-9-20/h6-7,10-12,17-20H,3-5,8-9,13-16H2,1-2H3/t18-/m1/s1. The Hall–Kier alpha value is -2.67. The third-order valence-corrected chi connectivity index (χ3v) is 8.96. The summed E-state index contributed by atoms with van der Waals surface area (Å²) in [5.41, 5.74) is 1.82. The summed E-state index contributed by atoms with van der Waals surface area (Å²) in [5, 5.41) is 1.96. The lowest BCUT2D eigenvalue weighted by molar-refractivity contribution is -0.137. The van der Waals surface area contributed by atoms with Crippen molar-refractivity contribution < 1.29 is 14.4 Å². The summed E-state index contributed by atoms with van der Waals surface area (Å²) < 4.78 is 0. The molecule has 3 heterocycles. The zero-order valence-corrected chi connectivity index (χ0v) is 20.9. The first kappa shape index (κ1) is 23.1. The molecular weight excluding hydrogens is 446 g/mol. The summed E-state index contributed by atoms with van der Waals surface area (Å²) >= 11 is 1.56. The monoisotopic (exact) mass is 479 g/mol. The maximum absolute atomic E-state index is 13.5. The number of thiophene rings is 1. The fraction of sp³-hybridized carbons (Fsp3) is 0.519. The largest absolute Gasteiger partial charge is 0.371 e. The quantitative estimate of drug-likeness (QED) is 0.559. The lowest BCUT2D eigenvalue weighted by Crippen LogP contribution is -2.45. The minimum Gasteiger partial charge on any atom is -0.371 e. The highest BCUT2D eigenvalue weighted by Crippen LogP contribution is 2.38. The molecule has 6 nitrogen and oxygen atoms in total. The number of carbonyl (C=O) groups is 3. The van der Waals surface area contributed by atoms with Crippen molar-refractivity contribution in [2.45, 2.75) is 64.0 Å². The summed E-state index contributed by atoms with van der Waals surface area (Å²) in [4.78, 5) is 46.4. The van der Waals surface area contributed by atoms with Crippen molar-refractivity contribution in [3.8, 4) is 0 Å². The fourth-order valence-electron chi connectivity index (χ4n) is 5.86. The molecule has 1 saturated carbocycles. The molecule has 1 atom stereocenters. The lowest BCUT2D eigenvalue weighted by atomic mass is 9.90. The normalized spacial score (nSPS) is 20.5. The van der Waals surface area contributed by atoms with Gasteiger partial charge in [-0.15, -0.1) is 11.3 Å². The van der Waals surface area contributed by atoms with Crippen molar-refractivity contribution in [1.82, 2.24) is 9.80 Å². The molecule has 34 heavy (non-hydrogen) atoms. The van der Waals surface area contributed by atoms with Crippen LogP contribution in [0.4, 0.5) is 5.69 Å². The van der Waals surface area contributed by atoms with Crippen LogP contribution in [0.3, 0.4) is 0 Å². The van der Waals surface area contributed by atoms with Crippen LogP contribution in [0.1, 0.15) is 83.5 Å². The van der Waals surface area contributed by atoms with Gasteiger partial charge in [0.15, 0.2) is 0 Å². The van der Waals surface area contributed by atoms with E-state index in [0.29, 0.717) is 30.3 Å². The first-order chi connectivity index (χ1) is 16.5. The van der Waals surface area contributed by atoms with E-state index in [-0.39, 0.29) is 29.7 Å². The number of fused-ring (bicyclic) bond motifs is 1. The molecule has 7 heteroatoms. The van der Waals surface area contributed by atoms with E-state index in [0.717, 1.165) is 36.2 Å². The Morgan fingerprint density at radius 1 is 1.00 bits per heavy atom. The molecular formula is C27H33N3O3S. The molecule has 0 spiro atoms. The first-order valence-corrected chi connectivity index (χ1v) is 13.4. The van der Waals surface area contributed by atoms with Gasteiger partial charge in [-0.25, -0.2) is 0 Å². The third kappa shape index (κ3) is 4.04. The van der Waals surface area contributed by atoms with Crippen molar-refractivity contribution in [2.24, 2.45) is 5.92 Å². The number of anilines is 1. The second-order valence-corrected chi connectivity index (χ2v) is 10.9. The summed E-state index contributed by atoms with van der Waals surface area (Å²) in [7, 11) is 1.97. The molecule has 1 saturated heterocycles. The van der Waals surface area contributed by atoms with Gasteiger partial charge in [-0.05, 0) is 56.2 Å². The maximum Gasteiger partial charge on any atom is 0.264 e. The van der Waals surface area contributed by atoms with Crippen molar-refractivity contribution in [3.05, 3.63) is 51.7 Å². The molecule has 1 aromatic heterocycles. The van der Waals surface area contributed by atoms with Crippen LogP contribution in [0, 0.1) is 5.92 Å². The number of benzene rings is 1. The van der Waals surface area contributed by atoms with E-state index >= 15 is 0 Å². The number of amides is 3. The molecule has 0 N–H and O–H groups in total. The van der Waals surface area contributed by atoms with Gasteiger partial charge in [0.25, 0.3) is 11.8 Å². The van der Waals surface area contributed by atoms with E-state index in [1.807, 2.05) is 48.5 Å². The summed E-state index contributed by atoms with van der Waals surface area (Å²) in [5.74, 6) is -0.131. The minimum absolute atomic E-state index is 0.0348. The molecule has 1 aliphatic carbocycles. The highest BCUT2D eigenvalue weighted by Gasteiger charge is 2.42. The Morgan fingerprint density at radius 3 is 2.41 bits per heavy atom. The Bertz CT molecular complexity index is 1070. The van der Waals surface area contributed by atoms with Crippen LogP contribution in [0.2, 0.25) is 0 Å². The van der Waals surface area contributed by atoms with Crippen LogP contribution in [-0.4, -0.2) is 53.7 Å². The zero-order valence-electron chi connectivity index (χ0n) is 20.0. The Kier molecular flexibility index (Phi) is 6.47. The number of carbonyl (C=O) groups excluding carboxylic acids is 3. The van der Waals surface area contributed by atoms with Crippen LogP contribution in [-0.2, 0) is 4.79 Å². The second kappa shape index (κ2) is 9.53. The molecule has 1 aromatic carbocycles. The van der Waals surface area contributed by atoms with Gasteiger partial charge in [0.05, 0.1) is 22.9 Å². The van der Waals surface area contributed by atoms with E-state index in [9.17, 15) is 14.4 Å². The average molecular weight is 480 g/mol. The number of rotatable bonds is 5. The maximum atomic E-state index is 13.5. The van der Waals surface area contributed by atoms with Gasteiger partial charge in [0.2, 0.25) is 5.91 Å². The van der Waals surface area contributed by atoms with Crippen LogP contribution in [0.5, 0.6) is 0 Å². The predicted molar refractivity (Wildman–Crippen MR) is 134 cm³/mol. The highest BCUT2D eigenvalue weighted by atomic mass is 32.1. The van der Waals surface area contributed by atoms with Crippen molar-refractivity contribution >= 4 is 34.7 Å². The van der Waals surface area contributed by atoms with Gasteiger partial charge >= 0.3 is 0 Å². The Morgan fingerprint density at radius 2 is 1.74 bits per heavy atom. The number of hydrogen-bond donors (Lipinski definition) is 0. The lowest BCUT2D eigenvalue weighted by Gasteiger charge is -2.38. The van der Waals surface area contributed by atoms with Crippen molar-refractivity contribution in [3.63, 3.8) is 0 Å². The predicted octanol–water partition coefficient (Wildman–Crippen LogP) is 5.11. The molecule has 3 aliphatic rings. The third-order valence-electron chi connectivity index (χ3n) is 7.92. The summed E-state index contributed by atoms with van der Waals surface area (Å²) in [6, 6.07) is 9.57. The molecule has 0 bridgehead atoms. The summed E-state index contributed by atoms with van der Waals surface area (Å²) in [6.07, 6.45) is 7.50.